The molecule has 308 valence electrons. The lowest BCUT2D eigenvalue weighted by molar-refractivity contribution is 1.16. The molecule has 1 aliphatic rings. The smallest absolute Gasteiger partial charge is 0.0555 e. The number of aromatic nitrogens is 2. The van der Waals surface area contributed by atoms with Crippen molar-refractivity contribution in [1.82, 2.24) is 9.13 Å². The maximum Gasteiger partial charge on any atom is 0.0555 e. The molecular weight excluding hydrogens is 877 g/mol. The largest absolute Gasteiger partial charge is 0.309 e. The van der Waals surface area contributed by atoms with E-state index in [1.54, 1.807) is 0 Å². The van der Waals surface area contributed by atoms with Crippen molar-refractivity contribution >= 4 is 130 Å². The molecule has 15 rings (SSSR count). The zero-order valence-electron chi connectivity index (χ0n) is 35.2. The van der Waals surface area contributed by atoms with Crippen LogP contribution in [0.2, 0.25) is 0 Å². The van der Waals surface area contributed by atoms with Crippen LogP contribution in [-0.2, 0) is 0 Å². The van der Waals surface area contributed by atoms with Gasteiger partial charge in [0.1, 0.15) is 0 Å². The third kappa shape index (κ3) is 5.44. The quantitative estimate of drug-likeness (QED) is 0.174. The monoisotopic (exact) mass is 910 g/mol. The lowest BCUT2D eigenvalue weighted by atomic mass is 10.0. The van der Waals surface area contributed by atoms with Crippen molar-refractivity contribution in [2.24, 2.45) is 0 Å². The molecule has 0 unspecified atom stereocenters. The van der Waals surface area contributed by atoms with Crippen molar-refractivity contribution in [2.45, 2.75) is 19.6 Å². The van der Waals surface area contributed by atoms with Gasteiger partial charge in [0.15, 0.2) is 0 Å². The fourth-order valence-corrected chi connectivity index (χ4v) is 15.4. The standard InChI is InChI=1S/C60H34N2S4/c1-3-11-35(12-4-1)37-19-26-47-45(31-37)57-49(28-25-44-41-15-7-8-16-51(41)65-59(44)57)61(47)39-21-23-42-43-24-22-40(34-56(43)64-55(42)33-39)62-48-27-20-38(36-13-5-2-6-14-36)32-46(48)58-50(62)29-30-54-60(58)66-53-18-10-9-17-52(53)63-54/h1-34H. The summed E-state index contributed by atoms with van der Waals surface area (Å²) in [6, 6.07) is 76.9. The lowest BCUT2D eigenvalue weighted by Gasteiger charge is -2.19. The third-order valence-corrected chi connectivity index (χ3v) is 18.5. The van der Waals surface area contributed by atoms with Crippen molar-refractivity contribution in [3.8, 4) is 33.6 Å². The highest BCUT2D eigenvalue weighted by atomic mass is 32.2. The molecule has 14 aromatic rings. The van der Waals surface area contributed by atoms with E-state index in [0.29, 0.717) is 0 Å². The molecule has 0 amide bonds. The lowest BCUT2D eigenvalue weighted by Crippen LogP contribution is -1.94. The molecule has 66 heavy (non-hydrogen) atoms. The highest BCUT2D eigenvalue weighted by Crippen LogP contribution is 2.53. The van der Waals surface area contributed by atoms with Gasteiger partial charge in [-0.25, -0.2) is 0 Å². The van der Waals surface area contributed by atoms with Crippen LogP contribution in [0.4, 0.5) is 0 Å². The van der Waals surface area contributed by atoms with Gasteiger partial charge in [-0.05, 0) is 107 Å². The average Bonchev–Trinajstić information content (AvgIpc) is 4.13. The van der Waals surface area contributed by atoms with E-state index < -0.39 is 0 Å². The summed E-state index contributed by atoms with van der Waals surface area (Å²) in [5.41, 5.74) is 12.2. The van der Waals surface area contributed by atoms with Crippen LogP contribution in [0.1, 0.15) is 0 Å². The maximum atomic E-state index is 2.50. The summed E-state index contributed by atoms with van der Waals surface area (Å²) in [4.78, 5) is 5.31. The third-order valence-electron chi connectivity index (χ3n) is 13.6. The minimum absolute atomic E-state index is 1.18. The normalized spacial score (nSPS) is 12.7. The molecule has 0 saturated heterocycles. The van der Waals surface area contributed by atoms with Gasteiger partial charge >= 0.3 is 0 Å². The maximum absolute atomic E-state index is 2.50. The first-order valence-corrected chi connectivity index (χ1v) is 25.5. The van der Waals surface area contributed by atoms with Gasteiger partial charge in [-0.1, -0.05) is 145 Å². The molecule has 2 nitrogen and oxygen atoms in total. The van der Waals surface area contributed by atoms with Gasteiger partial charge in [0.25, 0.3) is 0 Å². The fourth-order valence-electron chi connectivity index (χ4n) is 10.6. The van der Waals surface area contributed by atoms with E-state index in [4.69, 9.17) is 0 Å². The molecule has 0 radical (unpaired) electrons. The van der Waals surface area contributed by atoms with Crippen LogP contribution in [0.5, 0.6) is 0 Å². The van der Waals surface area contributed by atoms with Gasteiger partial charge in [0, 0.05) is 92.8 Å². The molecule has 4 aromatic heterocycles. The van der Waals surface area contributed by atoms with E-state index in [1.165, 1.54) is 137 Å². The summed E-state index contributed by atoms with van der Waals surface area (Å²) < 4.78 is 10.2. The van der Waals surface area contributed by atoms with Gasteiger partial charge < -0.3 is 9.13 Å². The van der Waals surface area contributed by atoms with E-state index in [9.17, 15) is 0 Å². The molecule has 10 aromatic carbocycles. The van der Waals surface area contributed by atoms with Crippen LogP contribution >= 0.6 is 46.2 Å². The van der Waals surface area contributed by atoms with Crippen LogP contribution in [-0.4, -0.2) is 9.13 Å². The molecule has 0 bridgehead atoms. The first kappa shape index (κ1) is 37.2. The fraction of sp³-hybridized carbons (Fsp3) is 0. The molecule has 0 fully saturated rings. The molecule has 0 spiro atoms. The van der Waals surface area contributed by atoms with Crippen molar-refractivity contribution in [3.05, 3.63) is 206 Å². The van der Waals surface area contributed by atoms with E-state index in [0.717, 1.165) is 0 Å². The zero-order valence-corrected chi connectivity index (χ0v) is 38.4. The SMILES string of the molecule is c1ccc(-c2ccc3c(c2)c2c4c(ccc2n3-c2ccc3c(c2)sc2cc(-n5c6ccc(-c7ccccc7)cc6c6c7sc8ccccc8c7ccc65)ccc23)Sc2ccccc2S4)cc1. The Hall–Kier alpha value is -7.06. The Morgan fingerprint density at radius 3 is 1.47 bits per heavy atom. The number of benzene rings is 10. The minimum atomic E-state index is 1.18. The summed E-state index contributed by atoms with van der Waals surface area (Å²) in [6.45, 7) is 0. The average molecular weight is 911 g/mol. The summed E-state index contributed by atoms with van der Waals surface area (Å²) in [6.07, 6.45) is 0. The van der Waals surface area contributed by atoms with E-state index in [-0.39, 0.29) is 0 Å². The predicted octanol–water partition coefficient (Wildman–Crippen LogP) is 18.6. The molecule has 0 aliphatic carbocycles. The van der Waals surface area contributed by atoms with Crippen molar-refractivity contribution in [2.75, 3.05) is 0 Å². The van der Waals surface area contributed by atoms with Crippen molar-refractivity contribution in [1.29, 1.82) is 0 Å². The van der Waals surface area contributed by atoms with Crippen LogP contribution < -0.4 is 0 Å². The summed E-state index contributed by atoms with van der Waals surface area (Å²) >= 11 is 7.60. The van der Waals surface area contributed by atoms with Gasteiger partial charge in [-0.15, -0.1) is 22.7 Å². The molecule has 6 heteroatoms. The predicted molar refractivity (Wildman–Crippen MR) is 286 cm³/mol. The molecular formula is C60H34N2S4. The second kappa shape index (κ2) is 14.2. The second-order valence-corrected chi connectivity index (χ2v) is 21.5. The van der Waals surface area contributed by atoms with Crippen molar-refractivity contribution in [3.63, 3.8) is 0 Å². The van der Waals surface area contributed by atoms with Gasteiger partial charge in [-0.3, -0.25) is 0 Å². The first-order valence-electron chi connectivity index (χ1n) is 22.2. The summed E-state index contributed by atoms with van der Waals surface area (Å²) in [7, 11) is 0. The molecule has 5 heterocycles. The highest BCUT2D eigenvalue weighted by Gasteiger charge is 2.25. The van der Waals surface area contributed by atoms with Crippen LogP contribution in [0.25, 0.3) is 118 Å². The van der Waals surface area contributed by atoms with Crippen LogP contribution in [0.15, 0.2) is 226 Å². The van der Waals surface area contributed by atoms with E-state index >= 15 is 0 Å². The number of hydrogen-bond acceptors (Lipinski definition) is 4. The van der Waals surface area contributed by atoms with E-state index in [1.807, 2.05) is 46.2 Å². The van der Waals surface area contributed by atoms with Crippen LogP contribution in [0, 0.1) is 0 Å². The van der Waals surface area contributed by atoms with Gasteiger partial charge in [0.05, 0.1) is 22.1 Å². The van der Waals surface area contributed by atoms with Crippen LogP contribution in [0.3, 0.4) is 0 Å². The Balaban J connectivity index is 0.916. The number of fused-ring (bicyclic) bond motifs is 16. The Kier molecular flexibility index (Phi) is 8.01. The van der Waals surface area contributed by atoms with E-state index in [2.05, 4.69) is 215 Å². The Labute approximate surface area is 396 Å². The first-order chi connectivity index (χ1) is 32.7. The van der Waals surface area contributed by atoms with Gasteiger partial charge in [-0.2, -0.15) is 0 Å². The zero-order chi connectivity index (χ0) is 43.0. The Morgan fingerprint density at radius 2 is 0.803 bits per heavy atom. The number of thiophene rings is 2. The second-order valence-electron chi connectivity index (χ2n) is 17.2. The molecule has 0 N–H and O–H groups in total. The molecule has 0 saturated carbocycles. The summed E-state index contributed by atoms with van der Waals surface area (Å²) in [5.74, 6) is 0. The molecule has 1 aliphatic heterocycles. The number of hydrogen-bond donors (Lipinski definition) is 0. The Morgan fingerprint density at radius 1 is 0.288 bits per heavy atom. The number of rotatable bonds is 4. The van der Waals surface area contributed by atoms with Crippen molar-refractivity contribution < 1.29 is 0 Å². The summed E-state index contributed by atoms with van der Waals surface area (Å²) in [5, 5.41) is 10.5. The van der Waals surface area contributed by atoms with Gasteiger partial charge in [0.2, 0.25) is 0 Å². The highest BCUT2D eigenvalue weighted by molar-refractivity contribution is 8.05. The molecule has 0 atom stereocenters. The minimum Gasteiger partial charge on any atom is -0.309 e. The topological polar surface area (TPSA) is 9.86 Å². The Bertz CT molecular complexity index is 4340. The number of nitrogens with zero attached hydrogens (tertiary/aromatic N) is 2.